The van der Waals surface area contributed by atoms with E-state index in [1.807, 2.05) is 0 Å². The molecule has 20 heavy (non-hydrogen) atoms. The molecule has 0 atom stereocenters. The molecule has 0 aliphatic carbocycles. The van der Waals surface area contributed by atoms with E-state index in [0.29, 0.717) is 0 Å². The molecular weight excluding hydrogens is 276 g/mol. The summed E-state index contributed by atoms with van der Waals surface area (Å²) in [5, 5.41) is 0. The zero-order valence-corrected chi connectivity index (χ0v) is 16.9. The van der Waals surface area contributed by atoms with Crippen LogP contribution in [0.4, 0.5) is 0 Å². The predicted molar refractivity (Wildman–Crippen MR) is 87.1 cm³/mol. The van der Waals surface area contributed by atoms with Crippen LogP contribution in [0.3, 0.4) is 0 Å². The first-order chi connectivity index (χ1) is 7.82. The SMILES string of the molecule is CC(C)(C)c1[c-]c(C(C)(C)C)cc(C(C)(C)C)c1.[Cl-].[Mg+2]. The smallest absolute Gasteiger partial charge is 1.00 e. The van der Waals surface area contributed by atoms with Crippen LogP contribution in [0.25, 0.3) is 0 Å². The van der Waals surface area contributed by atoms with Crippen LogP contribution in [0.5, 0.6) is 0 Å². The Morgan fingerprint density at radius 1 is 0.650 bits per heavy atom. The van der Waals surface area contributed by atoms with Gasteiger partial charge >= 0.3 is 23.1 Å². The van der Waals surface area contributed by atoms with E-state index in [0.717, 1.165) is 0 Å². The van der Waals surface area contributed by atoms with E-state index in [-0.39, 0.29) is 51.7 Å². The van der Waals surface area contributed by atoms with Crippen molar-refractivity contribution in [2.45, 2.75) is 78.6 Å². The second-order valence-corrected chi connectivity index (χ2v) is 8.45. The summed E-state index contributed by atoms with van der Waals surface area (Å²) in [7, 11) is 0. The Labute approximate surface area is 148 Å². The van der Waals surface area contributed by atoms with Gasteiger partial charge in [-0.25, -0.2) is 0 Å². The van der Waals surface area contributed by atoms with Crippen molar-refractivity contribution in [2.24, 2.45) is 0 Å². The standard InChI is InChI=1S/C18H29.ClH.Mg/c1-16(2,3)13-10-14(17(4,5)6)12-15(11-13)18(7,8)9;;/h10-11H,1-9H3;1H;/q-1;;+2/p-1. The maximum absolute atomic E-state index is 3.64. The Balaban J connectivity index is 0. The summed E-state index contributed by atoms with van der Waals surface area (Å²) in [5.74, 6) is 0. The fraction of sp³-hybridized carbons (Fsp3) is 0.667. The van der Waals surface area contributed by atoms with Crippen LogP contribution in [0, 0.1) is 6.07 Å². The Morgan fingerprint density at radius 3 is 1.15 bits per heavy atom. The van der Waals surface area contributed by atoms with Gasteiger partial charge in [-0.1, -0.05) is 62.3 Å². The average molecular weight is 305 g/mol. The number of halogens is 1. The van der Waals surface area contributed by atoms with Crippen LogP contribution in [0.1, 0.15) is 79.0 Å². The molecule has 0 nitrogen and oxygen atoms in total. The van der Waals surface area contributed by atoms with E-state index < -0.39 is 0 Å². The molecule has 0 saturated heterocycles. The van der Waals surface area contributed by atoms with Gasteiger partial charge in [0.2, 0.25) is 0 Å². The maximum Gasteiger partial charge on any atom is 2.00 e. The number of rotatable bonds is 0. The summed E-state index contributed by atoms with van der Waals surface area (Å²) >= 11 is 0. The number of hydrogen-bond acceptors (Lipinski definition) is 0. The largest absolute Gasteiger partial charge is 2.00 e. The Kier molecular flexibility index (Phi) is 7.92. The third-order valence-corrected chi connectivity index (χ3v) is 3.35. The third-order valence-electron chi connectivity index (χ3n) is 3.35. The zero-order chi connectivity index (χ0) is 14.4. The van der Waals surface area contributed by atoms with Crippen molar-refractivity contribution in [3.05, 3.63) is 34.9 Å². The molecule has 0 unspecified atom stereocenters. The third kappa shape index (κ3) is 5.95. The second kappa shape index (κ2) is 7.02. The van der Waals surface area contributed by atoms with E-state index >= 15 is 0 Å². The molecule has 110 valence electrons. The molecule has 0 radical (unpaired) electrons. The summed E-state index contributed by atoms with van der Waals surface area (Å²) in [4.78, 5) is 0. The van der Waals surface area contributed by atoms with Gasteiger partial charge in [-0.3, -0.25) is 0 Å². The number of benzene rings is 1. The monoisotopic (exact) mass is 304 g/mol. The first-order valence-corrected chi connectivity index (χ1v) is 6.90. The van der Waals surface area contributed by atoms with Gasteiger partial charge in [0, 0.05) is 0 Å². The van der Waals surface area contributed by atoms with E-state index in [2.05, 4.69) is 80.5 Å². The fourth-order valence-electron chi connectivity index (χ4n) is 1.81. The molecule has 0 bridgehead atoms. The molecule has 0 fully saturated rings. The minimum Gasteiger partial charge on any atom is -1.00 e. The van der Waals surface area contributed by atoms with Gasteiger partial charge in [-0.05, 0) is 16.2 Å². The van der Waals surface area contributed by atoms with Gasteiger partial charge < -0.3 is 12.4 Å². The minimum atomic E-state index is 0. The molecular formula is C18H29ClMg. The fourth-order valence-corrected chi connectivity index (χ4v) is 1.81. The maximum atomic E-state index is 3.64. The van der Waals surface area contributed by atoms with E-state index in [1.165, 1.54) is 16.7 Å². The van der Waals surface area contributed by atoms with Crippen molar-refractivity contribution in [3.63, 3.8) is 0 Å². The molecule has 1 aromatic rings. The van der Waals surface area contributed by atoms with Gasteiger partial charge in [0.1, 0.15) is 0 Å². The quantitative estimate of drug-likeness (QED) is 0.508. The Morgan fingerprint density at radius 2 is 0.950 bits per heavy atom. The van der Waals surface area contributed by atoms with Crippen molar-refractivity contribution in [1.29, 1.82) is 0 Å². The summed E-state index contributed by atoms with van der Waals surface area (Å²) in [5.41, 5.74) is 4.55. The molecule has 0 aromatic heterocycles. The summed E-state index contributed by atoms with van der Waals surface area (Å²) in [6, 6.07) is 8.29. The summed E-state index contributed by atoms with van der Waals surface area (Å²) in [6.07, 6.45) is 0. The number of hydrogen-bond donors (Lipinski definition) is 0. The van der Waals surface area contributed by atoms with Gasteiger partial charge in [-0.2, -0.15) is 34.9 Å². The molecule has 0 N–H and O–H groups in total. The van der Waals surface area contributed by atoms with Crippen LogP contribution in [-0.2, 0) is 16.2 Å². The van der Waals surface area contributed by atoms with Gasteiger partial charge in [-0.15, -0.1) is 0 Å². The van der Waals surface area contributed by atoms with Crippen LogP contribution in [-0.4, -0.2) is 23.1 Å². The molecule has 0 spiro atoms. The van der Waals surface area contributed by atoms with Gasteiger partial charge in [0.15, 0.2) is 0 Å². The Bertz CT molecular complexity index is 349. The van der Waals surface area contributed by atoms with Crippen LogP contribution in [0.2, 0.25) is 0 Å². The van der Waals surface area contributed by atoms with E-state index in [4.69, 9.17) is 0 Å². The van der Waals surface area contributed by atoms with Crippen molar-refractivity contribution in [2.75, 3.05) is 0 Å². The van der Waals surface area contributed by atoms with Crippen LogP contribution >= 0.6 is 0 Å². The normalized spacial score (nSPS) is 12.4. The first kappa shape index (κ1) is 22.6. The minimum absolute atomic E-state index is 0. The average Bonchev–Trinajstić information content (AvgIpc) is 2.13. The molecule has 2 heteroatoms. The summed E-state index contributed by atoms with van der Waals surface area (Å²) in [6.45, 7) is 20.4. The second-order valence-electron chi connectivity index (χ2n) is 8.45. The molecule has 1 rings (SSSR count). The first-order valence-electron chi connectivity index (χ1n) is 6.90. The van der Waals surface area contributed by atoms with Gasteiger partial charge in [0.05, 0.1) is 0 Å². The van der Waals surface area contributed by atoms with Crippen LogP contribution in [0.15, 0.2) is 12.1 Å². The zero-order valence-electron chi connectivity index (χ0n) is 14.7. The van der Waals surface area contributed by atoms with E-state index in [1.54, 1.807) is 0 Å². The summed E-state index contributed by atoms with van der Waals surface area (Å²) < 4.78 is 0. The topological polar surface area (TPSA) is 0 Å². The van der Waals surface area contributed by atoms with Crippen molar-refractivity contribution < 1.29 is 12.4 Å². The van der Waals surface area contributed by atoms with Crippen molar-refractivity contribution in [1.82, 2.24) is 0 Å². The van der Waals surface area contributed by atoms with E-state index in [9.17, 15) is 0 Å². The molecule has 0 heterocycles. The molecule has 0 aliphatic rings. The molecule has 0 saturated carbocycles. The van der Waals surface area contributed by atoms with Crippen molar-refractivity contribution >= 4 is 23.1 Å². The van der Waals surface area contributed by atoms with Gasteiger partial charge in [0.25, 0.3) is 0 Å². The molecule has 0 aliphatic heterocycles. The molecule has 1 aromatic carbocycles. The van der Waals surface area contributed by atoms with Crippen LogP contribution < -0.4 is 12.4 Å². The molecule has 0 amide bonds. The predicted octanol–water partition coefficient (Wildman–Crippen LogP) is 2.00. The Hall–Kier alpha value is 0.276. The van der Waals surface area contributed by atoms with Crippen molar-refractivity contribution in [3.8, 4) is 0 Å².